The highest BCUT2D eigenvalue weighted by atomic mass is 32.1. The summed E-state index contributed by atoms with van der Waals surface area (Å²) in [4.78, 5) is 20.0. The molecular formula is C17H17N5OS. The number of nitrogens with one attached hydrogen (secondary N) is 2. The summed E-state index contributed by atoms with van der Waals surface area (Å²) < 4.78 is 0. The van der Waals surface area contributed by atoms with Gasteiger partial charge in [0.25, 0.3) is 5.91 Å². The van der Waals surface area contributed by atoms with Crippen LogP contribution in [0.3, 0.4) is 0 Å². The first-order valence-corrected chi connectivity index (χ1v) is 8.74. The minimum atomic E-state index is -0.137. The fourth-order valence-corrected chi connectivity index (χ4v) is 3.57. The van der Waals surface area contributed by atoms with Crippen LogP contribution in [0, 0.1) is 0 Å². The minimum Gasteiger partial charge on any atom is -0.354 e. The van der Waals surface area contributed by atoms with E-state index in [4.69, 9.17) is 0 Å². The molecule has 1 aliphatic rings. The number of hydrogen-bond acceptors (Lipinski definition) is 5. The SMILES string of the molecule is O=C(N[C@H]1CCN(c2ccccn2)C1)c1cc(-c2cccs2)[nH]n1. The Morgan fingerprint density at radius 1 is 1.33 bits per heavy atom. The van der Waals surface area contributed by atoms with E-state index in [9.17, 15) is 4.79 Å². The molecule has 0 aromatic carbocycles. The second kappa shape index (κ2) is 6.45. The van der Waals surface area contributed by atoms with Gasteiger partial charge in [0.1, 0.15) is 5.82 Å². The molecule has 6 nitrogen and oxygen atoms in total. The number of thiophene rings is 1. The van der Waals surface area contributed by atoms with Gasteiger partial charge in [-0.2, -0.15) is 5.10 Å². The van der Waals surface area contributed by atoms with Crippen LogP contribution >= 0.6 is 11.3 Å². The van der Waals surface area contributed by atoms with Crippen molar-refractivity contribution < 1.29 is 4.79 Å². The number of nitrogens with zero attached hydrogens (tertiary/aromatic N) is 3. The molecule has 1 amide bonds. The molecule has 1 aliphatic heterocycles. The van der Waals surface area contributed by atoms with Crippen molar-refractivity contribution in [1.29, 1.82) is 0 Å². The van der Waals surface area contributed by atoms with E-state index >= 15 is 0 Å². The van der Waals surface area contributed by atoms with E-state index in [2.05, 4.69) is 25.4 Å². The molecule has 0 saturated carbocycles. The fraction of sp³-hybridized carbons (Fsp3) is 0.235. The second-order valence-electron chi connectivity index (χ2n) is 5.74. The Hall–Kier alpha value is -2.67. The molecule has 0 aliphatic carbocycles. The zero-order chi connectivity index (χ0) is 16.4. The molecule has 2 N–H and O–H groups in total. The lowest BCUT2D eigenvalue weighted by Gasteiger charge is -2.17. The monoisotopic (exact) mass is 339 g/mol. The molecule has 24 heavy (non-hydrogen) atoms. The molecule has 1 atom stereocenters. The third-order valence-electron chi connectivity index (χ3n) is 4.09. The third kappa shape index (κ3) is 3.03. The Kier molecular flexibility index (Phi) is 4.00. The van der Waals surface area contributed by atoms with Crippen LogP contribution in [0.5, 0.6) is 0 Å². The second-order valence-corrected chi connectivity index (χ2v) is 6.68. The van der Waals surface area contributed by atoms with Crippen LogP contribution in [0.4, 0.5) is 5.82 Å². The van der Waals surface area contributed by atoms with Gasteiger partial charge in [0.15, 0.2) is 5.69 Å². The van der Waals surface area contributed by atoms with Crippen molar-refractivity contribution in [3.8, 4) is 10.6 Å². The van der Waals surface area contributed by atoms with Gasteiger partial charge >= 0.3 is 0 Å². The lowest BCUT2D eigenvalue weighted by molar-refractivity contribution is 0.0935. The van der Waals surface area contributed by atoms with Gasteiger partial charge in [0.05, 0.1) is 10.6 Å². The molecule has 0 unspecified atom stereocenters. The average Bonchev–Trinajstić information content (AvgIpc) is 3.36. The summed E-state index contributed by atoms with van der Waals surface area (Å²) in [5.74, 6) is 0.816. The maximum Gasteiger partial charge on any atom is 0.272 e. The van der Waals surface area contributed by atoms with Crippen molar-refractivity contribution in [3.63, 3.8) is 0 Å². The molecule has 7 heteroatoms. The fourth-order valence-electron chi connectivity index (χ4n) is 2.88. The van der Waals surface area contributed by atoms with Crippen molar-refractivity contribution in [1.82, 2.24) is 20.5 Å². The van der Waals surface area contributed by atoms with Crippen molar-refractivity contribution in [2.24, 2.45) is 0 Å². The number of carbonyl (C=O) groups excluding carboxylic acids is 1. The topological polar surface area (TPSA) is 73.9 Å². The number of amides is 1. The summed E-state index contributed by atoms with van der Waals surface area (Å²) in [7, 11) is 0. The lowest BCUT2D eigenvalue weighted by atomic mass is 10.2. The number of carbonyl (C=O) groups is 1. The lowest BCUT2D eigenvalue weighted by Crippen LogP contribution is -2.37. The average molecular weight is 339 g/mol. The van der Waals surface area contributed by atoms with Crippen LogP contribution in [0.15, 0.2) is 48.0 Å². The van der Waals surface area contributed by atoms with Crippen LogP contribution in [0.2, 0.25) is 0 Å². The number of anilines is 1. The van der Waals surface area contributed by atoms with Crippen molar-refractivity contribution in [2.45, 2.75) is 12.5 Å². The van der Waals surface area contributed by atoms with E-state index in [1.165, 1.54) is 0 Å². The van der Waals surface area contributed by atoms with Crippen LogP contribution < -0.4 is 10.2 Å². The van der Waals surface area contributed by atoms with E-state index in [0.717, 1.165) is 35.9 Å². The van der Waals surface area contributed by atoms with Crippen molar-refractivity contribution in [2.75, 3.05) is 18.0 Å². The number of rotatable bonds is 4. The van der Waals surface area contributed by atoms with Gasteiger partial charge in [-0.05, 0) is 36.1 Å². The van der Waals surface area contributed by atoms with Gasteiger partial charge < -0.3 is 10.2 Å². The number of aromatic amines is 1. The van der Waals surface area contributed by atoms with Gasteiger partial charge in [0, 0.05) is 25.3 Å². The number of hydrogen-bond donors (Lipinski definition) is 2. The summed E-state index contributed by atoms with van der Waals surface area (Å²) in [6, 6.07) is 11.8. The van der Waals surface area contributed by atoms with E-state index in [0.29, 0.717) is 5.69 Å². The highest BCUT2D eigenvalue weighted by molar-refractivity contribution is 7.13. The van der Waals surface area contributed by atoms with Crippen LogP contribution in [-0.2, 0) is 0 Å². The van der Waals surface area contributed by atoms with Gasteiger partial charge in [-0.25, -0.2) is 4.98 Å². The number of H-pyrrole nitrogens is 1. The Morgan fingerprint density at radius 2 is 2.29 bits per heavy atom. The summed E-state index contributed by atoms with van der Waals surface area (Å²) in [5, 5.41) is 12.1. The summed E-state index contributed by atoms with van der Waals surface area (Å²) in [6.45, 7) is 1.66. The Balaban J connectivity index is 1.39. The van der Waals surface area contributed by atoms with Gasteiger partial charge in [0.2, 0.25) is 0 Å². The molecule has 1 fully saturated rings. The molecule has 0 bridgehead atoms. The smallest absolute Gasteiger partial charge is 0.272 e. The van der Waals surface area contributed by atoms with E-state index in [1.54, 1.807) is 23.6 Å². The van der Waals surface area contributed by atoms with Crippen LogP contribution in [-0.4, -0.2) is 40.2 Å². The predicted molar refractivity (Wildman–Crippen MR) is 94.2 cm³/mol. The Morgan fingerprint density at radius 3 is 3.08 bits per heavy atom. The standard InChI is InChI=1S/C17H17N5OS/c23-17(14-10-13(20-21-14)15-4-3-9-24-15)19-12-6-8-22(11-12)16-5-1-2-7-18-16/h1-5,7,9-10,12H,6,8,11H2,(H,19,23)(H,20,21)/t12-/m0/s1. The van der Waals surface area contributed by atoms with E-state index < -0.39 is 0 Å². The van der Waals surface area contributed by atoms with Gasteiger partial charge in [-0.1, -0.05) is 12.1 Å². The third-order valence-corrected chi connectivity index (χ3v) is 5.00. The minimum absolute atomic E-state index is 0.112. The van der Waals surface area contributed by atoms with E-state index in [-0.39, 0.29) is 11.9 Å². The zero-order valence-electron chi connectivity index (χ0n) is 13.0. The highest BCUT2D eigenvalue weighted by Crippen LogP contribution is 2.23. The molecular weight excluding hydrogens is 322 g/mol. The summed E-state index contributed by atoms with van der Waals surface area (Å²) in [5.41, 5.74) is 1.30. The van der Waals surface area contributed by atoms with E-state index in [1.807, 2.05) is 35.7 Å². The molecule has 4 rings (SSSR count). The summed E-state index contributed by atoms with van der Waals surface area (Å²) in [6.07, 6.45) is 2.70. The molecule has 0 spiro atoms. The van der Waals surface area contributed by atoms with Crippen LogP contribution in [0.25, 0.3) is 10.6 Å². The van der Waals surface area contributed by atoms with Crippen molar-refractivity contribution >= 4 is 23.1 Å². The molecule has 3 aromatic rings. The number of aromatic nitrogens is 3. The highest BCUT2D eigenvalue weighted by Gasteiger charge is 2.25. The first kappa shape index (κ1) is 14.9. The molecule has 4 heterocycles. The first-order valence-electron chi connectivity index (χ1n) is 7.86. The molecule has 0 radical (unpaired) electrons. The summed E-state index contributed by atoms with van der Waals surface area (Å²) >= 11 is 1.62. The predicted octanol–water partition coefficient (Wildman–Crippen LogP) is 2.54. The molecule has 1 saturated heterocycles. The molecule has 122 valence electrons. The van der Waals surface area contributed by atoms with Crippen molar-refractivity contribution in [3.05, 3.63) is 53.7 Å². The quantitative estimate of drug-likeness (QED) is 0.766. The molecule has 3 aromatic heterocycles. The van der Waals surface area contributed by atoms with Crippen LogP contribution in [0.1, 0.15) is 16.9 Å². The maximum atomic E-state index is 12.4. The number of pyridine rings is 1. The maximum absolute atomic E-state index is 12.4. The normalized spacial score (nSPS) is 17.2. The zero-order valence-corrected chi connectivity index (χ0v) is 13.8. The van der Waals surface area contributed by atoms with Gasteiger partial charge in [-0.15, -0.1) is 11.3 Å². The first-order chi connectivity index (χ1) is 11.8. The Bertz CT molecular complexity index is 815. The van der Waals surface area contributed by atoms with Gasteiger partial charge in [-0.3, -0.25) is 9.89 Å². The Labute approximate surface area is 143 Å². The largest absolute Gasteiger partial charge is 0.354 e.